The van der Waals surface area contributed by atoms with Gasteiger partial charge in [-0.1, -0.05) is 12.1 Å². The normalized spacial score (nSPS) is 9.81. The number of rotatable bonds is 3. The van der Waals surface area contributed by atoms with Crippen molar-refractivity contribution >= 4 is 11.5 Å². The molecule has 4 heteroatoms. The fraction of sp³-hybridized carbons (Fsp3) is 0.0833. The van der Waals surface area contributed by atoms with Crippen molar-refractivity contribution in [3.8, 4) is 0 Å². The van der Waals surface area contributed by atoms with Crippen molar-refractivity contribution in [3.63, 3.8) is 0 Å². The van der Waals surface area contributed by atoms with Gasteiger partial charge < -0.3 is 5.32 Å². The predicted molar refractivity (Wildman–Crippen MR) is 61.5 cm³/mol. The fourth-order valence-corrected chi connectivity index (χ4v) is 1.48. The van der Waals surface area contributed by atoms with E-state index in [1.165, 1.54) is 12.4 Å². The summed E-state index contributed by atoms with van der Waals surface area (Å²) >= 11 is 0. The van der Waals surface area contributed by atoms with Gasteiger partial charge in [-0.05, 0) is 18.2 Å². The SMILES string of the molecule is CNc1ccccc1C(=O)c1ccnnc1. The Kier molecular flexibility index (Phi) is 2.91. The van der Waals surface area contributed by atoms with Crippen LogP contribution in [0.25, 0.3) is 0 Å². The molecule has 0 spiro atoms. The van der Waals surface area contributed by atoms with Gasteiger partial charge in [-0.25, -0.2) is 0 Å². The van der Waals surface area contributed by atoms with Crippen LogP contribution >= 0.6 is 0 Å². The van der Waals surface area contributed by atoms with Crippen molar-refractivity contribution < 1.29 is 4.79 Å². The topological polar surface area (TPSA) is 54.9 Å². The van der Waals surface area contributed by atoms with Gasteiger partial charge >= 0.3 is 0 Å². The van der Waals surface area contributed by atoms with Crippen molar-refractivity contribution in [1.82, 2.24) is 10.2 Å². The third kappa shape index (κ3) is 1.91. The zero-order valence-electron chi connectivity index (χ0n) is 8.84. The zero-order chi connectivity index (χ0) is 11.4. The maximum absolute atomic E-state index is 12.1. The van der Waals surface area contributed by atoms with Gasteiger partial charge in [-0.2, -0.15) is 10.2 Å². The fourth-order valence-electron chi connectivity index (χ4n) is 1.48. The van der Waals surface area contributed by atoms with Crippen molar-refractivity contribution in [2.45, 2.75) is 0 Å². The molecular weight excluding hydrogens is 202 g/mol. The molecule has 0 aliphatic carbocycles. The summed E-state index contributed by atoms with van der Waals surface area (Å²) in [4.78, 5) is 12.1. The van der Waals surface area contributed by atoms with Crippen LogP contribution in [0.3, 0.4) is 0 Å². The smallest absolute Gasteiger partial charge is 0.196 e. The van der Waals surface area contributed by atoms with E-state index in [1.807, 2.05) is 18.2 Å². The van der Waals surface area contributed by atoms with Gasteiger partial charge in [-0.3, -0.25) is 4.79 Å². The van der Waals surface area contributed by atoms with E-state index in [9.17, 15) is 4.79 Å². The quantitative estimate of drug-likeness (QED) is 0.789. The molecule has 1 N–H and O–H groups in total. The summed E-state index contributed by atoms with van der Waals surface area (Å²) in [6.07, 6.45) is 2.98. The highest BCUT2D eigenvalue weighted by Gasteiger charge is 2.12. The predicted octanol–water partition coefficient (Wildman–Crippen LogP) is 1.75. The summed E-state index contributed by atoms with van der Waals surface area (Å²) < 4.78 is 0. The monoisotopic (exact) mass is 213 g/mol. The number of carbonyl (C=O) groups excluding carboxylic acids is 1. The molecule has 0 amide bonds. The number of nitrogens with one attached hydrogen (secondary N) is 1. The van der Waals surface area contributed by atoms with Gasteiger partial charge in [-0.15, -0.1) is 0 Å². The standard InChI is InChI=1S/C12H11N3O/c1-13-11-5-3-2-4-10(11)12(16)9-6-7-14-15-8-9/h2-8,13H,1H3. The van der Waals surface area contributed by atoms with Crippen LogP contribution in [-0.2, 0) is 0 Å². The highest BCUT2D eigenvalue weighted by molar-refractivity contribution is 6.12. The minimum Gasteiger partial charge on any atom is -0.388 e. The Labute approximate surface area is 93.3 Å². The van der Waals surface area contributed by atoms with E-state index in [1.54, 1.807) is 19.2 Å². The van der Waals surface area contributed by atoms with Crippen LogP contribution in [0.15, 0.2) is 42.7 Å². The third-order valence-electron chi connectivity index (χ3n) is 2.29. The Balaban J connectivity index is 2.42. The second-order valence-electron chi connectivity index (χ2n) is 3.26. The largest absolute Gasteiger partial charge is 0.388 e. The maximum Gasteiger partial charge on any atom is 0.196 e. The molecule has 0 saturated heterocycles. The lowest BCUT2D eigenvalue weighted by Crippen LogP contribution is -2.05. The molecule has 0 unspecified atom stereocenters. The Morgan fingerprint density at radius 1 is 1.19 bits per heavy atom. The van der Waals surface area contributed by atoms with Crippen molar-refractivity contribution in [3.05, 3.63) is 53.9 Å². The van der Waals surface area contributed by atoms with Crippen LogP contribution in [0.5, 0.6) is 0 Å². The lowest BCUT2D eigenvalue weighted by molar-refractivity contribution is 0.103. The summed E-state index contributed by atoms with van der Waals surface area (Å²) in [6, 6.07) is 9.02. The van der Waals surface area contributed by atoms with Crippen LogP contribution < -0.4 is 5.32 Å². The molecule has 0 radical (unpaired) electrons. The van der Waals surface area contributed by atoms with E-state index in [4.69, 9.17) is 0 Å². The van der Waals surface area contributed by atoms with E-state index in [-0.39, 0.29) is 5.78 Å². The van der Waals surface area contributed by atoms with Crippen molar-refractivity contribution in [1.29, 1.82) is 0 Å². The molecule has 1 heterocycles. The van der Waals surface area contributed by atoms with Crippen LogP contribution in [-0.4, -0.2) is 23.0 Å². The summed E-state index contributed by atoms with van der Waals surface area (Å²) in [5.41, 5.74) is 1.99. The zero-order valence-corrected chi connectivity index (χ0v) is 8.84. The first-order chi connectivity index (χ1) is 7.83. The number of anilines is 1. The first kappa shape index (κ1) is 10.3. The minimum absolute atomic E-state index is 0.0557. The molecule has 80 valence electrons. The number of aromatic nitrogens is 2. The van der Waals surface area contributed by atoms with Crippen molar-refractivity contribution in [2.75, 3.05) is 12.4 Å². The molecule has 0 aliphatic rings. The molecule has 2 aromatic rings. The maximum atomic E-state index is 12.1. The number of nitrogens with zero attached hydrogens (tertiary/aromatic N) is 2. The summed E-state index contributed by atoms with van der Waals surface area (Å²) in [6.45, 7) is 0. The lowest BCUT2D eigenvalue weighted by atomic mass is 10.0. The number of ketones is 1. The third-order valence-corrected chi connectivity index (χ3v) is 2.29. The highest BCUT2D eigenvalue weighted by Crippen LogP contribution is 2.17. The van der Waals surface area contributed by atoms with Crippen LogP contribution in [0, 0.1) is 0 Å². The van der Waals surface area contributed by atoms with Gasteiger partial charge in [0, 0.05) is 23.9 Å². The molecule has 0 bridgehead atoms. The number of para-hydroxylation sites is 1. The van der Waals surface area contributed by atoms with E-state index in [0.29, 0.717) is 11.1 Å². The molecule has 0 saturated carbocycles. The first-order valence-electron chi connectivity index (χ1n) is 4.91. The average Bonchev–Trinajstić information content (AvgIpc) is 2.39. The Hall–Kier alpha value is -2.23. The van der Waals surface area contributed by atoms with E-state index >= 15 is 0 Å². The van der Waals surface area contributed by atoms with E-state index < -0.39 is 0 Å². The lowest BCUT2D eigenvalue weighted by Gasteiger charge is -2.06. The average molecular weight is 213 g/mol. The van der Waals surface area contributed by atoms with Crippen LogP contribution in [0.1, 0.15) is 15.9 Å². The van der Waals surface area contributed by atoms with Gasteiger partial charge in [0.05, 0.1) is 12.4 Å². The Bertz CT molecular complexity index is 497. The number of hydrogen-bond acceptors (Lipinski definition) is 4. The van der Waals surface area contributed by atoms with Gasteiger partial charge in [0.2, 0.25) is 0 Å². The number of hydrogen-bond donors (Lipinski definition) is 1. The van der Waals surface area contributed by atoms with Crippen LogP contribution in [0.2, 0.25) is 0 Å². The van der Waals surface area contributed by atoms with E-state index in [2.05, 4.69) is 15.5 Å². The van der Waals surface area contributed by atoms with Gasteiger partial charge in [0.25, 0.3) is 0 Å². The van der Waals surface area contributed by atoms with Gasteiger partial charge in [0.1, 0.15) is 0 Å². The Morgan fingerprint density at radius 2 is 2.00 bits per heavy atom. The summed E-state index contributed by atoms with van der Waals surface area (Å²) in [5, 5.41) is 10.3. The second kappa shape index (κ2) is 4.53. The molecule has 0 atom stereocenters. The molecule has 0 fully saturated rings. The van der Waals surface area contributed by atoms with Gasteiger partial charge in [0.15, 0.2) is 5.78 Å². The second-order valence-corrected chi connectivity index (χ2v) is 3.26. The molecule has 1 aromatic carbocycles. The van der Waals surface area contributed by atoms with Crippen molar-refractivity contribution in [2.24, 2.45) is 0 Å². The molecular formula is C12H11N3O. The summed E-state index contributed by atoms with van der Waals surface area (Å²) in [5.74, 6) is -0.0557. The molecule has 2 rings (SSSR count). The number of carbonyl (C=O) groups is 1. The molecule has 16 heavy (non-hydrogen) atoms. The van der Waals surface area contributed by atoms with Crippen LogP contribution in [0.4, 0.5) is 5.69 Å². The Morgan fingerprint density at radius 3 is 2.69 bits per heavy atom. The first-order valence-corrected chi connectivity index (χ1v) is 4.91. The molecule has 1 aromatic heterocycles. The molecule has 0 aliphatic heterocycles. The number of benzene rings is 1. The summed E-state index contributed by atoms with van der Waals surface area (Å²) in [7, 11) is 1.79. The molecule has 4 nitrogen and oxygen atoms in total. The highest BCUT2D eigenvalue weighted by atomic mass is 16.1. The minimum atomic E-state index is -0.0557. The van der Waals surface area contributed by atoms with E-state index in [0.717, 1.165) is 5.69 Å².